The average Bonchev–Trinajstić information content (AvgIpc) is 2.95. The fourth-order valence-electron chi connectivity index (χ4n) is 2.35. The van der Waals surface area contributed by atoms with Crippen molar-refractivity contribution in [3.8, 4) is 0 Å². The van der Waals surface area contributed by atoms with E-state index in [-0.39, 0.29) is 17.7 Å². The van der Waals surface area contributed by atoms with E-state index in [1.54, 1.807) is 0 Å². The normalized spacial score (nSPS) is 19.9. The van der Waals surface area contributed by atoms with Crippen LogP contribution in [0.3, 0.4) is 0 Å². The summed E-state index contributed by atoms with van der Waals surface area (Å²) >= 11 is 0. The molecule has 1 aliphatic heterocycles. The Kier molecular flexibility index (Phi) is 3.16. The number of imidazole rings is 1. The first-order valence-corrected chi connectivity index (χ1v) is 7.96. The van der Waals surface area contributed by atoms with Crippen LogP contribution in [-0.4, -0.2) is 36.7 Å². The van der Waals surface area contributed by atoms with Gasteiger partial charge in [0.15, 0.2) is 0 Å². The molecule has 1 saturated heterocycles. The standard InChI is InChI=1S/C12H16N4O2S/c17-19(18,8-9-4-3-7-13-9)16-12-14-10-5-1-2-6-11(10)15-12/h1-2,5-6,9,13H,3-4,7-8H2,(H2,14,15,16). The summed E-state index contributed by atoms with van der Waals surface area (Å²) in [6.07, 6.45) is 1.94. The van der Waals surface area contributed by atoms with Crippen molar-refractivity contribution < 1.29 is 8.42 Å². The van der Waals surface area contributed by atoms with Crippen molar-refractivity contribution in [2.24, 2.45) is 0 Å². The van der Waals surface area contributed by atoms with Gasteiger partial charge in [0.1, 0.15) is 0 Å². The van der Waals surface area contributed by atoms with E-state index in [2.05, 4.69) is 20.0 Å². The first kappa shape index (κ1) is 12.4. The minimum atomic E-state index is -3.37. The fourth-order valence-corrected chi connectivity index (χ4v) is 3.64. The van der Waals surface area contributed by atoms with Gasteiger partial charge in [0.2, 0.25) is 16.0 Å². The zero-order valence-electron chi connectivity index (χ0n) is 10.4. The summed E-state index contributed by atoms with van der Waals surface area (Å²) < 4.78 is 26.5. The van der Waals surface area contributed by atoms with Crippen LogP contribution in [0.25, 0.3) is 11.0 Å². The second-order valence-electron chi connectivity index (χ2n) is 4.78. The van der Waals surface area contributed by atoms with Crippen molar-refractivity contribution in [3.63, 3.8) is 0 Å². The van der Waals surface area contributed by atoms with Crippen LogP contribution in [-0.2, 0) is 10.0 Å². The van der Waals surface area contributed by atoms with Gasteiger partial charge >= 0.3 is 0 Å². The number of nitrogens with zero attached hydrogens (tertiary/aromatic N) is 1. The van der Waals surface area contributed by atoms with Gasteiger partial charge in [-0.3, -0.25) is 4.72 Å². The number of benzene rings is 1. The lowest BCUT2D eigenvalue weighted by Crippen LogP contribution is -2.33. The Morgan fingerprint density at radius 2 is 2.21 bits per heavy atom. The van der Waals surface area contributed by atoms with E-state index >= 15 is 0 Å². The highest BCUT2D eigenvalue weighted by atomic mass is 32.2. The van der Waals surface area contributed by atoms with E-state index in [0.29, 0.717) is 0 Å². The number of sulfonamides is 1. The van der Waals surface area contributed by atoms with Gasteiger partial charge in [0.05, 0.1) is 16.8 Å². The minimum Gasteiger partial charge on any atom is -0.323 e. The molecule has 0 amide bonds. The molecular weight excluding hydrogens is 264 g/mol. The zero-order valence-corrected chi connectivity index (χ0v) is 11.2. The van der Waals surface area contributed by atoms with Crippen LogP contribution in [0.15, 0.2) is 24.3 Å². The van der Waals surface area contributed by atoms with Gasteiger partial charge in [-0.25, -0.2) is 13.4 Å². The second kappa shape index (κ2) is 4.82. The number of hydrogen-bond acceptors (Lipinski definition) is 4. The van der Waals surface area contributed by atoms with Crippen molar-refractivity contribution >= 4 is 27.0 Å². The molecule has 0 aliphatic carbocycles. The van der Waals surface area contributed by atoms with Crippen molar-refractivity contribution in [2.45, 2.75) is 18.9 Å². The van der Waals surface area contributed by atoms with E-state index in [0.717, 1.165) is 30.4 Å². The molecule has 1 atom stereocenters. The molecule has 19 heavy (non-hydrogen) atoms. The summed E-state index contributed by atoms with van der Waals surface area (Å²) in [6.45, 7) is 0.894. The van der Waals surface area contributed by atoms with Crippen molar-refractivity contribution in [1.82, 2.24) is 15.3 Å². The van der Waals surface area contributed by atoms with Gasteiger partial charge in [0, 0.05) is 6.04 Å². The largest absolute Gasteiger partial charge is 0.323 e. The average molecular weight is 280 g/mol. The van der Waals surface area contributed by atoms with Crippen LogP contribution in [0.5, 0.6) is 0 Å². The Balaban J connectivity index is 1.75. The molecule has 1 aromatic heterocycles. The number of rotatable bonds is 4. The maximum Gasteiger partial charge on any atom is 0.236 e. The number of H-pyrrole nitrogens is 1. The van der Waals surface area contributed by atoms with Crippen molar-refractivity contribution in [3.05, 3.63) is 24.3 Å². The predicted octanol–water partition coefficient (Wildman–Crippen LogP) is 1.06. The Bertz CT molecular complexity index is 641. The van der Waals surface area contributed by atoms with Crippen LogP contribution in [0.2, 0.25) is 0 Å². The third-order valence-electron chi connectivity index (χ3n) is 3.22. The molecule has 1 unspecified atom stereocenters. The first-order chi connectivity index (χ1) is 9.12. The number of nitrogens with one attached hydrogen (secondary N) is 3. The fraction of sp³-hybridized carbons (Fsp3) is 0.417. The topological polar surface area (TPSA) is 86.9 Å². The Hall–Kier alpha value is -1.60. The Labute approximate surface area is 111 Å². The highest BCUT2D eigenvalue weighted by Gasteiger charge is 2.22. The quantitative estimate of drug-likeness (QED) is 0.781. The summed E-state index contributed by atoms with van der Waals surface area (Å²) in [5, 5.41) is 3.18. The van der Waals surface area contributed by atoms with Gasteiger partial charge in [-0.1, -0.05) is 12.1 Å². The zero-order chi connectivity index (χ0) is 13.3. The van der Waals surface area contributed by atoms with E-state index in [4.69, 9.17) is 0 Å². The molecule has 3 rings (SSSR count). The van der Waals surface area contributed by atoms with Gasteiger partial charge in [-0.15, -0.1) is 0 Å². The highest BCUT2D eigenvalue weighted by molar-refractivity contribution is 7.92. The third kappa shape index (κ3) is 2.87. The molecule has 7 heteroatoms. The summed E-state index contributed by atoms with van der Waals surface area (Å²) in [5.41, 5.74) is 1.57. The SMILES string of the molecule is O=S(=O)(CC1CCCN1)Nc1nc2ccccc2[nH]1. The van der Waals surface area contributed by atoms with Gasteiger partial charge in [0.25, 0.3) is 0 Å². The number of anilines is 1. The van der Waals surface area contributed by atoms with Crippen LogP contribution in [0, 0.1) is 0 Å². The summed E-state index contributed by atoms with van der Waals surface area (Å²) in [4.78, 5) is 7.16. The van der Waals surface area contributed by atoms with E-state index in [9.17, 15) is 8.42 Å². The van der Waals surface area contributed by atoms with Gasteiger partial charge < -0.3 is 10.3 Å². The van der Waals surface area contributed by atoms with Crippen LogP contribution < -0.4 is 10.0 Å². The van der Waals surface area contributed by atoms with E-state index in [1.807, 2.05) is 24.3 Å². The number of hydrogen-bond donors (Lipinski definition) is 3. The molecule has 3 N–H and O–H groups in total. The second-order valence-corrected chi connectivity index (χ2v) is 6.55. The number of aromatic amines is 1. The smallest absolute Gasteiger partial charge is 0.236 e. The van der Waals surface area contributed by atoms with Crippen molar-refractivity contribution in [1.29, 1.82) is 0 Å². The first-order valence-electron chi connectivity index (χ1n) is 6.31. The Morgan fingerprint density at radius 3 is 2.95 bits per heavy atom. The maximum atomic E-state index is 12.0. The highest BCUT2D eigenvalue weighted by Crippen LogP contribution is 2.15. The predicted molar refractivity (Wildman–Crippen MR) is 74.5 cm³/mol. The van der Waals surface area contributed by atoms with Crippen LogP contribution in [0.4, 0.5) is 5.95 Å². The van der Waals surface area contributed by atoms with E-state index < -0.39 is 10.0 Å². The van der Waals surface area contributed by atoms with Crippen LogP contribution >= 0.6 is 0 Å². The molecule has 0 saturated carbocycles. The monoisotopic (exact) mass is 280 g/mol. The molecule has 6 nitrogen and oxygen atoms in total. The summed E-state index contributed by atoms with van der Waals surface area (Å²) in [5.74, 6) is 0.364. The van der Waals surface area contributed by atoms with Crippen molar-refractivity contribution in [2.75, 3.05) is 17.0 Å². The molecular formula is C12H16N4O2S. The Morgan fingerprint density at radius 1 is 1.37 bits per heavy atom. The molecule has 2 aromatic rings. The number of aromatic nitrogens is 2. The molecule has 0 radical (unpaired) electrons. The molecule has 102 valence electrons. The molecule has 2 heterocycles. The molecule has 1 aliphatic rings. The molecule has 0 spiro atoms. The van der Waals surface area contributed by atoms with Gasteiger partial charge in [-0.2, -0.15) is 0 Å². The molecule has 1 fully saturated rings. The lowest BCUT2D eigenvalue weighted by molar-refractivity contribution is 0.581. The van der Waals surface area contributed by atoms with E-state index in [1.165, 1.54) is 0 Å². The van der Waals surface area contributed by atoms with Gasteiger partial charge in [-0.05, 0) is 31.5 Å². The summed E-state index contributed by atoms with van der Waals surface area (Å²) in [7, 11) is -3.37. The summed E-state index contributed by atoms with van der Waals surface area (Å²) in [6, 6.07) is 7.48. The number of fused-ring (bicyclic) bond motifs is 1. The maximum absolute atomic E-state index is 12.0. The lowest BCUT2D eigenvalue weighted by Gasteiger charge is -2.10. The molecule has 1 aromatic carbocycles. The van der Waals surface area contributed by atoms with Crippen LogP contribution in [0.1, 0.15) is 12.8 Å². The lowest BCUT2D eigenvalue weighted by atomic mass is 10.3. The number of para-hydroxylation sites is 2. The third-order valence-corrected chi connectivity index (χ3v) is 4.57. The molecule has 0 bridgehead atoms. The minimum absolute atomic E-state index is 0.0434.